The van der Waals surface area contributed by atoms with E-state index in [0.29, 0.717) is 25.9 Å². The van der Waals surface area contributed by atoms with Crippen LogP contribution in [0, 0.1) is 0 Å². The number of nitrogens with zero attached hydrogens (tertiary/aromatic N) is 2. The zero-order chi connectivity index (χ0) is 28.0. The highest BCUT2D eigenvalue weighted by molar-refractivity contribution is 5.80. The van der Waals surface area contributed by atoms with Gasteiger partial charge in [0.1, 0.15) is 0 Å². The van der Waals surface area contributed by atoms with Gasteiger partial charge in [0.15, 0.2) is 0 Å². The number of amides is 2. The lowest BCUT2D eigenvalue weighted by Gasteiger charge is -2.44. The van der Waals surface area contributed by atoms with Crippen molar-refractivity contribution in [3.05, 3.63) is 130 Å². The van der Waals surface area contributed by atoms with E-state index in [1.54, 1.807) is 0 Å². The van der Waals surface area contributed by atoms with Gasteiger partial charge in [-0.25, -0.2) is 0 Å². The summed E-state index contributed by atoms with van der Waals surface area (Å²) in [5, 5.41) is 6.12. The van der Waals surface area contributed by atoms with Gasteiger partial charge in [-0.15, -0.1) is 0 Å². The largest absolute Gasteiger partial charge is 0.355 e. The third-order valence-electron chi connectivity index (χ3n) is 7.89. The van der Waals surface area contributed by atoms with E-state index in [2.05, 4.69) is 81.1 Å². The van der Waals surface area contributed by atoms with Crippen molar-refractivity contribution in [2.75, 3.05) is 24.7 Å². The molecule has 6 rings (SSSR count). The molecule has 41 heavy (non-hydrogen) atoms. The standard InChI is InChI=1S/C35H36N4O2/c40-34(36-17-15-26-7-3-1-4-8-26)21-28-11-13-32-30(19-28)23-38-24-31-20-29(12-14-33(31)39(32)25-38)22-35(41)37-18-16-27-9-5-2-6-10-27/h1-14,19-20H,15-18,21-25H2,(H,36,40)(H,37,41). The van der Waals surface area contributed by atoms with E-state index in [0.717, 1.165) is 43.7 Å². The molecule has 0 saturated carbocycles. The summed E-state index contributed by atoms with van der Waals surface area (Å²) in [6.07, 6.45) is 2.44. The highest BCUT2D eigenvalue weighted by Crippen LogP contribution is 2.40. The van der Waals surface area contributed by atoms with Crippen molar-refractivity contribution in [2.45, 2.75) is 38.8 Å². The molecule has 2 heterocycles. The minimum absolute atomic E-state index is 0.0551. The van der Waals surface area contributed by atoms with Crippen LogP contribution in [-0.2, 0) is 48.4 Å². The molecule has 0 aliphatic carbocycles. The Bertz CT molecular complexity index is 1410. The molecule has 6 heteroatoms. The highest BCUT2D eigenvalue weighted by atomic mass is 16.2. The minimum Gasteiger partial charge on any atom is -0.355 e. The van der Waals surface area contributed by atoms with Gasteiger partial charge in [-0.1, -0.05) is 84.9 Å². The number of hydrogen-bond donors (Lipinski definition) is 2. The van der Waals surface area contributed by atoms with Crippen molar-refractivity contribution < 1.29 is 9.59 Å². The Morgan fingerprint density at radius 1 is 0.585 bits per heavy atom. The van der Waals surface area contributed by atoms with E-state index < -0.39 is 0 Å². The van der Waals surface area contributed by atoms with Crippen molar-refractivity contribution in [2.24, 2.45) is 0 Å². The van der Waals surface area contributed by atoms with Crippen LogP contribution in [0.15, 0.2) is 97.1 Å². The minimum atomic E-state index is 0.0551. The molecule has 0 spiro atoms. The average Bonchev–Trinajstić information content (AvgIpc) is 2.98. The lowest BCUT2D eigenvalue weighted by molar-refractivity contribution is -0.121. The number of anilines is 2. The fourth-order valence-corrected chi connectivity index (χ4v) is 5.88. The molecule has 208 valence electrons. The van der Waals surface area contributed by atoms with Gasteiger partial charge < -0.3 is 15.5 Å². The maximum Gasteiger partial charge on any atom is 0.224 e. The molecule has 2 N–H and O–H groups in total. The number of benzene rings is 4. The number of carbonyl (C=O) groups is 2. The van der Waals surface area contributed by atoms with Crippen molar-refractivity contribution in [3.8, 4) is 0 Å². The Morgan fingerprint density at radius 3 is 1.51 bits per heavy atom. The first kappa shape index (κ1) is 26.8. The van der Waals surface area contributed by atoms with Gasteiger partial charge >= 0.3 is 0 Å². The molecule has 4 aromatic rings. The van der Waals surface area contributed by atoms with Crippen molar-refractivity contribution in [1.29, 1.82) is 0 Å². The first-order chi connectivity index (χ1) is 20.1. The second-order valence-electron chi connectivity index (χ2n) is 11.0. The van der Waals surface area contributed by atoms with Gasteiger partial charge in [0, 0.05) is 37.6 Å². The summed E-state index contributed by atoms with van der Waals surface area (Å²) in [4.78, 5) is 30.0. The number of hydrogen-bond acceptors (Lipinski definition) is 4. The summed E-state index contributed by atoms with van der Waals surface area (Å²) >= 11 is 0. The van der Waals surface area contributed by atoms with Crippen molar-refractivity contribution >= 4 is 23.2 Å². The lowest BCUT2D eigenvalue weighted by atomic mass is 9.97. The molecule has 6 nitrogen and oxygen atoms in total. The van der Waals surface area contributed by atoms with Crippen LogP contribution in [0.25, 0.3) is 0 Å². The summed E-state index contributed by atoms with van der Waals surface area (Å²) in [5.41, 5.74) is 9.42. The maximum atomic E-state index is 12.6. The SMILES string of the molecule is O=C(Cc1ccc2c(c1)CN1Cc3cc(CC(=O)NCCc4ccccc4)ccc3N2C1)NCCc1ccccc1. The Labute approximate surface area is 242 Å². The summed E-state index contributed by atoms with van der Waals surface area (Å²) in [7, 11) is 0. The van der Waals surface area contributed by atoms with Gasteiger partial charge in [-0.3, -0.25) is 14.5 Å². The zero-order valence-electron chi connectivity index (χ0n) is 23.3. The van der Waals surface area contributed by atoms with Crippen LogP contribution in [0.5, 0.6) is 0 Å². The molecular weight excluding hydrogens is 508 g/mol. The predicted octanol–water partition coefficient (Wildman–Crippen LogP) is 4.91. The van der Waals surface area contributed by atoms with Crippen LogP contribution in [0.1, 0.15) is 33.4 Å². The van der Waals surface area contributed by atoms with E-state index in [1.807, 2.05) is 36.4 Å². The Hall–Kier alpha value is -4.42. The first-order valence-corrected chi connectivity index (χ1v) is 14.5. The van der Waals surface area contributed by atoms with Gasteiger partial charge in [-0.05, 0) is 58.4 Å². The molecule has 0 radical (unpaired) electrons. The third-order valence-corrected chi connectivity index (χ3v) is 7.89. The second-order valence-corrected chi connectivity index (χ2v) is 11.0. The first-order valence-electron chi connectivity index (χ1n) is 14.5. The third kappa shape index (κ3) is 6.67. The summed E-state index contributed by atoms with van der Waals surface area (Å²) < 4.78 is 0. The summed E-state index contributed by atoms with van der Waals surface area (Å²) in [5.74, 6) is 0.110. The molecular formula is C35H36N4O2. The van der Waals surface area contributed by atoms with Crippen LogP contribution in [-0.4, -0.2) is 36.5 Å². The Balaban J connectivity index is 1.05. The topological polar surface area (TPSA) is 64.7 Å². The zero-order valence-corrected chi connectivity index (χ0v) is 23.3. The number of nitrogens with one attached hydrogen (secondary N) is 2. The maximum absolute atomic E-state index is 12.6. The molecule has 0 saturated heterocycles. The number of carbonyl (C=O) groups excluding carboxylic acids is 2. The fraction of sp³-hybridized carbons (Fsp3) is 0.257. The summed E-state index contributed by atoms with van der Waals surface area (Å²) in [6.45, 7) is 3.82. The van der Waals surface area contributed by atoms with E-state index in [1.165, 1.54) is 33.6 Å². The van der Waals surface area contributed by atoms with E-state index >= 15 is 0 Å². The van der Waals surface area contributed by atoms with Gasteiger partial charge in [-0.2, -0.15) is 0 Å². The smallest absolute Gasteiger partial charge is 0.224 e. The van der Waals surface area contributed by atoms with Gasteiger partial charge in [0.2, 0.25) is 11.8 Å². The Kier molecular flexibility index (Phi) is 8.10. The van der Waals surface area contributed by atoms with E-state index in [4.69, 9.17) is 0 Å². The Morgan fingerprint density at radius 2 is 1.05 bits per heavy atom. The molecule has 2 aliphatic rings. The molecule has 0 unspecified atom stereocenters. The molecule has 0 fully saturated rings. The highest BCUT2D eigenvalue weighted by Gasteiger charge is 2.30. The van der Waals surface area contributed by atoms with Crippen LogP contribution >= 0.6 is 0 Å². The van der Waals surface area contributed by atoms with E-state index in [-0.39, 0.29) is 11.8 Å². The lowest BCUT2D eigenvalue weighted by Crippen LogP contribution is -2.43. The van der Waals surface area contributed by atoms with Crippen LogP contribution in [0.2, 0.25) is 0 Å². The van der Waals surface area contributed by atoms with Crippen LogP contribution in [0.4, 0.5) is 11.4 Å². The fourth-order valence-electron chi connectivity index (χ4n) is 5.88. The monoisotopic (exact) mass is 544 g/mol. The molecule has 4 aromatic carbocycles. The van der Waals surface area contributed by atoms with Gasteiger partial charge in [0.05, 0.1) is 19.5 Å². The number of rotatable bonds is 10. The van der Waals surface area contributed by atoms with Crippen LogP contribution in [0.3, 0.4) is 0 Å². The molecule has 0 aromatic heterocycles. The quantitative estimate of drug-likeness (QED) is 0.298. The molecule has 2 aliphatic heterocycles. The molecule has 2 bridgehead atoms. The van der Waals surface area contributed by atoms with Gasteiger partial charge in [0.25, 0.3) is 0 Å². The normalized spacial score (nSPS) is 13.7. The van der Waals surface area contributed by atoms with Crippen LogP contribution < -0.4 is 15.5 Å². The molecule has 0 atom stereocenters. The molecule has 2 amide bonds. The van der Waals surface area contributed by atoms with Crippen molar-refractivity contribution in [1.82, 2.24) is 15.5 Å². The summed E-state index contributed by atoms with van der Waals surface area (Å²) in [6, 6.07) is 33.3. The predicted molar refractivity (Wildman–Crippen MR) is 163 cm³/mol. The van der Waals surface area contributed by atoms with Crippen molar-refractivity contribution in [3.63, 3.8) is 0 Å². The second kappa shape index (κ2) is 12.4. The van der Waals surface area contributed by atoms with E-state index in [9.17, 15) is 9.59 Å². The number of fused-ring (bicyclic) bond motifs is 6. The average molecular weight is 545 g/mol.